The summed E-state index contributed by atoms with van der Waals surface area (Å²) in [4.78, 5) is 30.1. The van der Waals surface area contributed by atoms with E-state index in [4.69, 9.17) is 0 Å². The van der Waals surface area contributed by atoms with Crippen LogP contribution in [0.5, 0.6) is 0 Å². The lowest BCUT2D eigenvalue weighted by molar-refractivity contribution is -0.118. The fourth-order valence-electron chi connectivity index (χ4n) is 3.33. The van der Waals surface area contributed by atoms with Crippen LogP contribution in [-0.2, 0) is 14.8 Å². The Morgan fingerprint density at radius 3 is 2.26 bits per heavy atom. The lowest BCUT2D eigenvalue weighted by atomic mass is 9.97. The number of hydrogen-bond acceptors (Lipinski definition) is 5. The van der Waals surface area contributed by atoms with Gasteiger partial charge in [-0.25, -0.2) is 13.1 Å². The van der Waals surface area contributed by atoms with Crippen LogP contribution in [0, 0.1) is 11.8 Å². The van der Waals surface area contributed by atoms with Gasteiger partial charge < -0.3 is 10.2 Å². The van der Waals surface area contributed by atoms with Gasteiger partial charge in [0.25, 0.3) is 5.91 Å². The van der Waals surface area contributed by atoms with Crippen molar-refractivity contribution in [2.75, 3.05) is 25.0 Å². The lowest BCUT2D eigenvalue weighted by Crippen LogP contribution is -2.41. The number of rotatable bonds is 7. The van der Waals surface area contributed by atoms with E-state index in [1.54, 1.807) is 55.4 Å². The second-order valence-corrected chi connectivity index (χ2v) is 9.76. The molecule has 0 atom stereocenters. The van der Waals surface area contributed by atoms with Gasteiger partial charge in [-0.3, -0.25) is 14.6 Å². The fourth-order valence-corrected chi connectivity index (χ4v) is 4.45. The Kier molecular flexibility index (Phi) is 7.40. The molecule has 3 rings (SSSR count). The largest absolute Gasteiger partial charge is 0.339 e. The number of aromatic nitrogens is 1. The Morgan fingerprint density at radius 1 is 1.06 bits per heavy atom. The van der Waals surface area contributed by atoms with Gasteiger partial charge in [0.2, 0.25) is 15.9 Å². The highest BCUT2D eigenvalue weighted by atomic mass is 32.2. The highest BCUT2D eigenvalue weighted by molar-refractivity contribution is 7.89. The maximum absolute atomic E-state index is 12.6. The molecule has 0 spiro atoms. The number of hydrogen-bond donors (Lipinski definition) is 2. The topological polar surface area (TPSA) is 108 Å². The van der Waals surface area contributed by atoms with E-state index >= 15 is 0 Å². The van der Waals surface area contributed by atoms with E-state index < -0.39 is 10.0 Å². The van der Waals surface area contributed by atoms with Gasteiger partial charge in [-0.05, 0) is 55.2 Å². The molecule has 0 radical (unpaired) electrons. The fraction of sp³-hybridized carbons (Fsp3) is 0.409. The first-order valence-electron chi connectivity index (χ1n) is 10.4. The quantitative estimate of drug-likeness (QED) is 0.682. The summed E-state index contributed by atoms with van der Waals surface area (Å²) in [7, 11) is -3.64. The van der Waals surface area contributed by atoms with Crippen molar-refractivity contribution in [3.8, 4) is 0 Å². The van der Waals surface area contributed by atoms with E-state index in [0.717, 1.165) is 12.8 Å². The van der Waals surface area contributed by atoms with Crippen LogP contribution in [0.1, 0.15) is 37.0 Å². The van der Waals surface area contributed by atoms with E-state index in [-0.39, 0.29) is 28.5 Å². The first-order chi connectivity index (χ1) is 14.8. The minimum absolute atomic E-state index is 0.0221. The van der Waals surface area contributed by atoms with Crippen molar-refractivity contribution in [3.63, 3.8) is 0 Å². The molecule has 8 nitrogen and oxygen atoms in total. The molecule has 1 saturated heterocycles. The molecule has 31 heavy (non-hydrogen) atoms. The van der Waals surface area contributed by atoms with Crippen LogP contribution in [0.25, 0.3) is 0 Å². The number of nitrogens with zero attached hydrogens (tertiary/aromatic N) is 2. The molecular formula is C22H28N4O4S. The van der Waals surface area contributed by atoms with Crippen molar-refractivity contribution in [2.24, 2.45) is 11.8 Å². The van der Waals surface area contributed by atoms with Gasteiger partial charge in [0, 0.05) is 49.2 Å². The van der Waals surface area contributed by atoms with Crippen molar-refractivity contribution in [1.29, 1.82) is 0 Å². The summed E-state index contributed by atoms with van der Waals surface area (Å²) in [6.07, 6.45) is 4.66. The summed E-state index contributed by atoms with van der Waals surface area (Å²) < 4.78 is 27.9. The van der Waals surface area contributed by atoms with Gasteiger partial charge in [-0.2, -0.15) is 0 Å². The van der Waals surface area contributed by atoms with Crippen molar-refractivity contribution in [1.82, 2.24) is 14.6 Å². The van der Waals surface area contributed by atoms with Crippen LogP contribution in [0.15, 0.2) is 53.7 Å². The van der Waals surface area contributed by atoms with E-state index in [0.29, 0.717) is 30.9 Å². The van der Waals surface area contributed by atoms with E-state index in [1.807, 2.05) is 0 Å². The molecular weight excluding hydrogens is 416 g/mol. The van der Waals surface area contributed by atoms with Crippen molar-refractivity contribution in [2.45, 2.75) is 31.6 Å². The summed E-state index contributed by atoms with van der Waals surface area (Å²) in [6.45, 7) is 5.09. The number of nitrogens with one attached hydrogen (secondary N) is 2. The molecule has 1 aliphatic heterocycles. The van der Waals surface area contributed by atoms with Gasteiger partial charge in [0.15, 0.2) is 0 Å². The van der Waals surface area contributed by atoms with Gasteiger partial charge in [0.05, 0.1) is 4.90 Å². The number of piperidine rings is 1. The number of amides is 2. The number of carbonyl (C=O) groups excluding carboxylic acids is 2. The molecule has 166 valence electrons. The number of anilines is 1. The Morgan fingerprint density at radius 2 is 1.68 bits per heavy atom. The number of benzene rings is 1. The summed E-state index contributed by atoms with van der Waals surface area (Å²) in [5.41, 5.74) is 1.17. The minimum atomic E-state index is -3.64. The first-order valence-corrected chi connectivity index (χ1v) is 11.8. The number of sulfonamides is 1. The Labute approximate surface area is 183 Å². The van der Waals surface area contributed by atoms with E-state index in [2.05, 4.69) is 15.0 Å². The first kappa shape index (κ1) is 22.9. The molecule has 1 aromatic carbocycles. The van der Waals surface area contributed by atoms with E-state index in [9.17, 15) is 18.0 Å². The smallest absolute Gasteiger partial charge is 0.253 e. The Bertz CT molecular complexity index is 1000. The van der Waals surface area contributed by atoms with Crippen LogP contribution < -0.4 is 10.0 Å². The van der Waals surface area contributed by atoms with Gasteiger partial charge in [-0.15, -0.1) is 0 Å². The predicted molar refractivity (Wildman–Crippen MR) is 118 cm³/mol. The zero-order valence-corrected chi connectivity index (χ0v) is 18.6. The van der Waals surface area contributed by atoms with Crippen molar-refractivity contribution >= 4 is 27.5 Å². The van der Waals surface area contributed by atoms with Crippen LogP contribution >= 0.6 is 0 Å². The average Bonchev–Trinajstić information content (AvgIpc) is 2.78. The van der Waals surface area contributed by atoms with Crippen LogP contribution in [-0.4, -0.2) is 49.8 Å². The standard InChI is InChI=1S/C22H28N4O4S/c1-16(2)21(27)25-19-3-5-20(6-4-19)31(29,30)24-15-17-9-13-26(14-10-17)22(28)18-7-11-23-12-8-18/h3-8,11-12,16-17,24H,9-10,13-15H2,1-2H3,(H,25,27). The van der Waals surface area contributed by atoms with Crippen LogP contribution in [0.2, 0.25) is 0 Å². The molecule has 2 N–H and O–H groups in total. The monoisotopic (exact) mass is 444 g/mol. The maximum Gasteiger partial charge on any atom is 0.253 e. The molecule has 1 fully saturated rings. The molecule has 1 aromatic heterocycles. The minimum Gasteiger partial charge on any atom is -0.339 e. The van der Waals surface area contributed by atoms with Crippen molar-refractivity contribution < 1.29 is 18.0 Å². The molecule has 2 aromatic rings. The van der Waals surface area contributed by atoms with Crippen molar-refractivity contribution in [3.05, 3.63) is 54.4 Å². The number of carbonyl (C=O) groups is 2. The van der Waals surface area contributed by atoms with Gasteiger partial charge in [0.1, 0.15) is 0 Å². The predicted octanol–water partition coefficient (Wildman–Crippen LogP) is 2.51. The normalized spacial score (nSPS) is 15.1. The molecule has 9 heteroatoms. The third-order valence-electron chi connectivity index (χ3n) is 5.35. The van der Waals surface area contributed by atoms with E-state index in [1.165, 1.54) is 12.1 Å². The molecule has 2 amide bonds. The average molecular weight is 445 g/mol. The zero-order valence-electron chi connectivity index (χ0n) is 17.7. The Balaban J connectivity index is 1.50. The number of likely N-dealkylation sites (tertiary alicyclic amines) is 1. The Hall–Kier alpha value is -2.78. The molecule has 0 bridgehead atoms. The zero-order chi connectivity index (χ0) is 22.4. The second kappa shape index (κ2) is 10.0. The van der Waals surface area contributed by atoms with Gasteiger partial charge in [-0.1, -0.05) is 13.8 Å². The number of pyridine rings is 1. The SMILES string of the molecule is CC(C)C(=O)Nc1ccc(S(=O)(=O)NCC2CCN(C(=O)c3ccncc3)CC2)cc1. The molecule has 1 aliphatic rings. The molecule has 0 aliphatic carbocycles. The molecule has 0 saturated carbocycles. The highest BCUT2D eigenvalue weighted by Gasteiger charge is 2.25. The van der Waals surface area contributed by atoms with Crippen LogP contribution in [0.4, 0.5) is 5.69 Å². The molecule has 0 unspecified atom stereocenters. The summed E-state index contributed by atoms with van der Waals surface area (Å²) in [6, 6.07) is 9.52. The molecule has 2 heterocycles. The summed E-state index contributed by atoms with van der Waals surface area (Å²) in [5, 5.41) is 2.74. The summed E-state index contributed by atoms with van der Waals surface area (Å²) in [5.74, 6) is -0.133. The third kappa shape index (κ3) is 6.11. The second-order valence-electron chi connectivity index (χ2n) is 7.99. The van der Waals surface area contributed by atoms with Crippen LogP contribution in [0.3, 0.4) is 0 Å². The lowest BCUT2D eigenvalue weighted by Gasteiger charge is -2.32. The highest BCUT2D eigenvalue weighted by Crippen LogP contribution is 2.20. The third-order valence-corrected chi connectivity index (χ3v) is 6.79. The summed E-state index contributed by atoms with van der Waals surface area (Å²) >= 11 is 0. The van der Waals surface area contributed by atoms with Gasteiger partial charge >= 0.3 is 0 Å². The maximum atomic E-state index is 12.6.